The molecule has 0 unspecified atom stereocenters. The molecule has 168 valence electrons. The van der Waals surface area contributed by atoms with E-state index >= 15 is 0 Å². The molecular formula is C26H32N4O2. The Hall–Kier alpha value is -3.02. The topological polar surface area (TPSA) is 59.3 Å². The summed E-state index contributed by atoms with van der Waals surface area (Å²) in [7, 11) is 0. The van der Waals surface area contributed by atoms with Crippen LogP contribution < -0.4 is 5.32 Å². The molecule has 6 heteroatoms. The van der Waals surface area contributed by atoms with Crippen LogP contribution in [0, 0.1) is 0 Å². The first kappa shape index (κ1) is 20.9. The summed E-state index contributed by atoms with van der Waals surface area (Å²) in [6.07, 6.45) is 10.2. The number of fused-ring (bicyclic) bond motifs is 3. The summed E-state index contributed by atoms with van der Waals surface area (Å²) in [5.41, 5.74) is 1.65. The first-order chi connectivity index (χ1) is 15.5. The van der Waals surface area contributed by atoms with E-state index in [2.05, 4.69) is 28.9 Å². The summed E-state index contributed by atoms with van der Waals surface area (Å²) in [5.74, 6) is -0.0894. The number of benzene rings is 1. The lowest BCUT2D eigenvalue weighted by atomic mass is 9.93. The summed E-state index contributed by atoms with van der Waals surface area (Å²) in [4.78, 5) is 29.6. The molecule has 2 aromatic heterocycles. The number of carbonyl (C=O) groups excluding carboxylic acids is 2. The molecule has 0 radical (unpaired) electrons. The van der Waals surface area contributed by atoms with Gasteiger partial charge in [0.25, 0.3) is 5.91 Å². The average Bonchev–Trinajstić information content (AvgIpc) is 3.54. The van der Waals surface area contributed by atoms with Crippen LogP contribution in [0.2, 0.25) is 0 Å². The second kappa shape index (κ2) is 8.15. The van der Waals surface area contributed by atoms with Crippen molar-refractivity contribution in [2.75, 3.05) is 6.54 Å². The Morgan fingerprint density at radius 2 is 1.84 bits per heavy atom. The van der Waals surface area contributed by atoms with Gasteiger partial charge in [0.15, 0.2) is 0 Å². The van der Waals surface area contributed by atoms with E-state index in [1.54, 1.807) is 0 Å². The molecule has 1 saturated carbocycles. The summed E-state index contributed by atoms with van der Waals surface area (Å²) in [6, 6.07) is 12.3. The predicted octanol–water partition coefficient (Wildman–Crippen LogP) is 4.51. The molecule has 5 rings (SSSR count). The zero-order valence-electron chi connectivity index (χ0n) is 19.0. The van der Waals surface area contributed by atoms with Gasteiger partial charge in [0.2, 0.25) is 5.91 Å². The van der Waals surface area contributed by atoms with Crippen LogP contribution in [0.25, 0.3) is 16.6 Å². The standard InChI is InChI=1S/C26H32N4O2/c1-3-4-17-30-24(31)23-22(28-15-9-10-16-28)20-13-7-8-14-21(20)29(23)18-26(30,2)25(32)27-19-11-5-6-12-19/h7-10,13-16,19H,3-6,11-12,17-18H2,1-2H3,(H,27,32)/t26-/m0/s1. The molecule has 1 fully saturated rings. The lowest BCUT2D eigenvalue weighted by Gasteiger charge is -2.44. The van der Waals surface area contributed by atoms with Crippen LogP contribution in [0.15, 0.2) is 48.8 Å². The van der Waals surface area contributed by atoms with Crippen molar-refractivity contribution >= 4 is 22.7 Å². The summed E-state index contributed by atoms with van der Waals surface area (Å²) in [6.45, 7) is 5.10. The molecule has 0 saturated heterocycles. The number of unbranched alkanes of at least 4 members (excludes halogenated alkanes) is 1. The SMILES string of the molecule is CCCCN1C(=O)c2c(-n3cccc3)c3ccccc3n2C[C@@]1(C)C(=O)NC1CCCC1. The fourth-order valence-corrected chi connectivity index (χ4v) is 5.43. The minimum absolute atomic E-state index is 0.0280. The maximum atomic E-state index is 14.1. The highest BCUT2D eigenvalue weighted by molar-refractivity contribution is 6.08. The fourth-order valence-electron chi connectivity index (χ4n) is 5.43. The molecule has 6 nitrogen and oxygen atoms in total. The second-order valence-electron chi connectivity index (χ2n) is 9.43. The Labute approximate surface area is 189 Å². The molecule has 0 spiro atoms. The van der Waals surface area contributed by atoms with Crippen LogP contribution in [-0.4, -0.2) is 44.0 Å². The van der Waals surface area contributed by atoms with Gasteiger partial charge in [0, 0.05) is 30.4 Å². The Bertz CT molecular complexity index is 1140. The maximum Gasteiger partial charge on any atom is 0.273 e. The van der Waals surface area contributed by atoms with Crippen LogP contribution in [-0.2, 0) is 11.3 Å². The minimum atomic E-state index is -0.919. The first-order valence-corrected chi connectivity index (χ1v) is 11.9. The van der Waals surface area contributed by atoms with Gasteiger partial charge in [-0.15, -0.1) is 0 Å². The van der Waals surface area contributed by atoms with Gasteiger partial charge in [-0.25, -0.2) is 0 Å². The quantitative estimate of drug-likeness (QED) is 0.623. The summed E-state index contributed by atoms with van der Waals surface area (Å²) < 4.78 is 4.09. The van der Waals surface area contributed by atoms with E-state index in [9.17, 15) is 9.59 Å². The monoisotopic (exact) mass is 432 g/mol. The molecule has 1 aromatic carbocycles. The third-order valence-electron chi connectivity index (χ3n) is 7.23. The Kier molecular flexibility index (Phi) is 5.31. The van der Waals surface area contributed by atoms with Crippen molar-refractivity contribution in [3.8, 4) is 5.69 Å². The van der Waals surface area contributed by atoms with E-state index in [0.29, 0.717) is 18.8 Å². The number of para-hydroxylation sites is 1. The van der Waals surface area contributed by atoms with Crippen LogP contribution in [0.3, 0.4) is 0 Å². The van der Waals surface area contributed by atoms with Crippen LogP contribution in [0.4, 0.5) is 0 Å². The van der Waals surface area contributed by atoms with Crippen molar-refractivity contribution in [3.63, 3.8) is 0 Å². The number of hydrogen-bond acceptors (Lipinski definition) is 2. The van der Waals surface area contributed by atoms with E-state index in [1.165, 1.54) is 0 Å². The molecule has 3 heterocycles. The molecule has 1 aliphatic heterocycles. The largest absolute Gasteiger partial charge is 0.351 e. The van der Waals surface area contributed by atoms with E-state index < -0.39 is 5.54 Å². The number of rotatable bonds is 6. The van der Waals surface area contributed by atoms with Crippen molar-refractivity contribution in [3.05, 3.63) is 54.5 Å². The lowest BCUT2D eigenvalue weighted by Crippen LogP contribution is -2.65. The minimum Gasteiger partial charge on any atom is -0.351 e. The number of amides is 2. The highest BCUT2D eigenvalue weighted by Gasteiger charge is 2.49. The van der Waals surface area contributed by atoms with Crippen molar-refractivity contribution in [1.29, 1.82) is 0 Å². The Morgan fingerprint density at radius 1 is 1.12 bits per heavy atom. The number of nitrogens with zero attached hydrogens (tertiary/aromatic N) is 3. The van der Waals surface area contributed by atoms with E-state index in [0.717, 1.165) is 55.1 Å². The van der Waals surface area contributed by atoms with E-state index in [-0.39, 0.29) is 17.9 Å². The smallest absolute Gasteiger partial charge is 0.273 e. The van der Waals surface area contributed by atoms with Gasteiger partial charge in [-0.05, 0) is 44.4 Å². The predicted molar refractivity (Wildman–Crippen MR) is 126 cm³/mol. The highest BCUT2D eigenvalue weighted by atomic mass is 16.2. The second-order valence-corrected chi connectivity index (χ2v) is 9.43. The molecular weight excluding hydrogens is 400 g/mol. The molecule has 2 amide bonds. The zero-order chi connectivity index (χ0) is 22.3. The van der Waals surface area contributed by atoms with Gasteiger partial charge in [-0.1, -0.05) is 44.4 Å². The molecule has 32 heavy (non-hydrogen) atoms. The van der Waals surface area contributed by atoms with Crippen molar-refractivity contribution in [2.45, 2.75) is 70.5 Å². The van der Waals surface area contributed by atoms with Crippen LogP contribution >= 0.6 is 0 Å². The molecule has 2 aliphatic rings. The summed E-state index contributed by atoms with van der Waals surface area (Å²) in [5, 5.41) is 4.31. The van der Waals surface area contributed by atoms with Gasteiger partial charge in [0.1, 0.15) is 11.2 Å². The number of nitrogens with one attached hydrogen (secondary N) is 1. The van der Waals surface area contributed by atoms with Crippen molar-refractivity contribution in [2.24, 2.45) is 0 Å². The molecule has 1 N–H and O–H groups in total. The number of carbonyl (C=O) groups is 2. The van der Waals surface area contributed by atoms with Crippen LogP contribution in [0.5, 0.6) is 0 Å². The average molecular weight is 433 g/mol. The van der Waals surface area contributed by atoms with Gasteiger partial charge in [0.05, 0.1) is 17.7 Å². The van der Waals surface area contributed by atoms with Gasteiger partial charge in [-0.2, -0.15) is 0 Å². The number of hydrogen-bond donors (Lipinski definition) is 1. The van der Waals surface area contributed by atoms with E-state index in [4.69, 9.17) is 0 Å². The van der Waals surface area contributed by atoms with Gasteiger partial charge < -0.3 is 19.4 Å². The van der Waals surface area contributed by atoms with Crippen LogP contribution in [0.1, 0.15) is 62.9 Å². The molecule has 3 aromatic rings. The molecule has 1 atom stereocenters. The van der Waals surface area contributed by atoms with Crippen molar-refractivity contribution < 1.29 is 9.59 Å². The fraction of sp³-hybridized carbons (Fsp3) is 0.462. The number of aromatic nitrogens is 2. The third-order valence-corrected chi connectivity index (χ3v) is 7.23. The van der Waals surface area contributed by atoms with E-state index in [1.807, 2.05) is 53.0 Å². The van der Waals surface area contributed by atoms with Crippen molar-refractivity contribution in [1.82, 2.24) is 19.4 Å². The Morgan fingerprint density at radius 3 is 2.56 bits per heavy atom. The van der Waals surface area contributed by atoms with Gasteiger partial charge >= 0.3 is 0 Å². The highest BCUT2D eigenvalue weighted by Crippen LogP contribution is 2.38. The maximum absolute atomic E-state index is 14.1. The first-order valence-electron chi connectivity index (χ1n) is 11.9. The molecule has 0 bridgehead atoms. The summed E-state index contributed by atoms with van der Waals surface area (Å²) >= 11 is 0. The lowest BCUT2D eigenvalue weighted by molar-refractivity contribution is -0.133. The third kappa shape index (κ3) is 3.24. The molecule has 1 aliphatic carbocycles. The Balaban J connectivity index is 1.65. The zero-order valence-corrected chi connectivity index (χ0v) is 19.0. The van der Waals surface area contributed by atoms with Gasteiger partial charge in [-0.3, -0.25) is 9.59 Å². The normalized spacial score (nSPS) is 21.3.